The highest BCUT2D eigenvalue weighted by atomic mass is 32.2. The zero-order chi connectivity index (χ0) is 17.2. The van der Waals surface area contributed by atoms with Crippen molar-refractivity contribution in [1.82, 2.24) is 9.62 Å². The van der Waals surface area contributed by atoms with E-state index in [9.17, 15) is 17.6 Å². The van der Waals surface area contributed by atoms with Gasteiger partial charge in [-0.15, -0.1) is 0 Å². The van der Waals surface area contributed by atoms with Crippen LogP contribution in [0.2, 0.25) is 0 Å². The molecule has 0 aliphatic heterocycles. The highest BCUT2D eigenvalue weighted by Crippen LogP contribution is 2.27. The Hall–Kier alpha value is -1.51. The molecule has 0 spiro atoms. The predicted octanol–water partition coefficient (Wildman–Crippen LogP) is 1.35. The largest absolute Gasteiger partial charge is 0.480 e. The molecule has 1 fully saturated rings. The van der Waals surface area contributed by atoms with Gasteiger partial charge in [0.15, 0.2) is 0 Å². The number of aliphatic carboxylic acids is 1. The maximum atomic E-state index is 13.4. The van der Waals surface area contributed by atoms with Crippen molar-refractivity contribution in [3.63, 3.8) is 0 Å². The van der Waals surface area contributed by atoms with E-state index in [0.717, 1.165) is 6.07 Å². The Kier molecular flexibility index (Phi) is 5.38. The molecule has 2 N–H and O–H groups in total. The number of carboxylic acids is 1. The highest BCUT2D eigenvalue weighted by molar-refractivity contribution is 7.89. The number of rotatable bonds is 7. The normalized spacial score (nSPS) is 21.2. The van der Waals surface area contributed by atoms with Crippen LogP contribution < -0.4 is 4.72 Å². The molecule has 1 aliphatic carbocycles. The lowest BCUT2D eigenvalue weighted by Gasteiger charge is -2.42. The van der Waals surface area contributed by atoms with Gasteiger partial charge in [0.2, 0.25) is 10.0 Å². The summed E-state index contributed by atoms with van der Waals surface area (Å²) in [6.07, 6.45) is 1.10. The molecule has 0 radical (unpaired) electrons. The standard InChI is InChI=1S/C15H21FN2O4S/c1-3-18(9-15(19)20)13-7-12(8-13)17-23(21,22)14-5-10(2)4-11(16)6-14/h4-6,12-13,17H,3,7-9H2,1-2H3,(H,19,20). The topological polar surface area (TPSA) is 86.7 Å². The van der Waals surface area contributed by atoms with Crippen LogP contribution in [0.3, 0.4) is 0 Å². The number of carbonyl (C=O) groups is 1. The van der Waals surface area contributed by atoms with Crippen molar-refractivity contribution in [3.05, 3.63) is 29.6 Å². The second kappa shape index (κ2) is 6.94. The number of benzene rings is 1. The molecular weight excluding hydrogens is 323 g/mol. The number of hydrogen-bond acceptors (Lipinski definition) is 4. The van der Waals surface area contributed by atoms with E-state index >= 15 is 0 Å². The number of halogens is 1. The Labute approximate surface area is 135 Å². The van der Waals surface area contributed by atoms with Crippen LogP contribution in [0.5, 0.6) is 0 Å². The first-order valence-electron chi connectivity index (χ1n) is 7.46. The molecule has 0 saturated heterocycles. The zero-order valence-corrected chi connectivity index (χ0v) is 13.9. The van der Waals surface area contributed by atoms with Crippen molar-refractivity contribution in [2.24, 2.45) is 0 Å². The van der Waals surface area contributed by atoms with Crippen LogP contribution in [0.25, 0.3) is 0 Å². The van der Waals surface area contributed by atoms with E-state index in [-0.39, 0.29) is 23.5 Å². The molecule has 0 amide bonds. The smallest absolute Gasteiger partial charge is 0.317 e. The monoisotopic (exact) mass is 344 g/mol. The Morgan fingerprint density at radius 1 is 1.39 bits per heavy atom. The minimum atomic E-state index is -3.77. The summed E-state index contributed by atoms with van der Waals surface area (Å²) < 4.78 is 40.5. The number of hydrogen-bond donors (Lipinski definition) is 2. The zero-order valence-electron chi connectivity index (χ0n) is 13.1. The van der Waals surface area contributed by atoms with Gasteiger partial charge in [-0.1, -0.05) is 6.92 Å². The minimum absolute atomic E-state index is 0.0519. The summed E-state index contributed by atoms with van der Waals surface area (Å²) in [6.45, 7) is 4.05. The number of sulfonamides is 1. The second-order valence-electron chi connectivity index (χ2n) is 5.86. The van der Waals surface area contributed by atoms with Crippen molar-refractivity contribution in [3.8, 4) is 0 Å². The van der Waals surface area contributed by atoms with Crippen LogP contribution in [0.15, 0.2) is 23.1 Å². The summed E-state index contributed by atoms with van der Waals surface area (Å²) in [7, 11) is -3.77. The van der Waals surface area contributed by atoms with Gasteiger partial charge in [0.1, 0.15) is 5.82 Å². The van der Waals surface area contributed by atoms with Crippen molar-refractivity contribution < 1.29 is 22.7 Å². The van der Waals surface area contributed by atoms with Crippen molar-refractivity contribution >= 4 is 16.0 Å². The summed E-state index contributed by atoms with van der Waals surface area (Å²) in [5.41, 5.74) is 0.537. The third kappa shape index (κ3) is 4.49. The molecule has 0 heterocycles. The van der Waals surface area contributed by atoms with Gasteiger partial charge in [0.25, 0.3) is 0 Å². The van der Waals surface area contributed by atoms with Gasteiger partial charge < -0.3 is 5.11 Å². The molecule has 128 valence electrons. The van der Waals surface area contributed by atoms with Crippen LogP contribution in [-0.4, -0.2) is 49.6 Å². The maximum Gasteiger partial charge on any atom is 0.317 e. The first-order chi connectivity index (χ1) is 10.7. The number of carboxylic acid groups (broad SMARTS) is 1. The van der Waals surface area contributed by atoms with Gasteiger partial charge in [-0.2, -0.15) is 0 Å². The molecule has 2 rings (SSSR count). The number of nitrogens with one attached hydrogen (secondary N) is 1. The fourth-order valence-electron chi connectivity index (χ4n) is 2.80. The Morgan fingerprint density at radius 2 is 2.04 bits per heavy atom. The molecule has 1 saturated carbocycles. The van der Waals surface area contributed by atoms with Crippen molar-refractivity contribution in [2.75, 3.05) is 13.1 Å². The lowest BCUT2D eigenvalue weighted by Crippen LogP contribution is -2.54. The van der Waals surface area contributed by atoms with Gasteiger partial charge in [-0.3, -0.25) is 9.69 Å². The van der Waals surface area contributed by atoms with E-state index < -0.39 is 21.8 Å². The minimum Gasteiger partial charge on any atom is -0.480 e. The molecule has 0 unspecified atom stereocenters. The van der Waals surface area contributed by atoms with E-state index in [1.807, 2.05) is 6.92 Å². The highest BCUT2D eigenvalue weighted by Gasteiger charge is 2.36. The molecule has 1 aliphatic rings. The molecule has 1 aromatic rings. The summed E-state index contributed by atoms with van der Waals surface area (Å²) in [5.74, 6) is -1.48. The Balaban J connectivity index is 1.97. The van der Waals surface area contributed by atoms with Crippen LogP contribution in [0, 0.1) is 12.7 Å². The van der Waals surface area contributed by atoms with Crippen LogP contribution >= 0.6 is 0 Å². The Morgan fingerprint density at radius 3 is 2.57 bits per heavy atom. The van der Waals surface area contributed by atoms with Crippen molar-refractivity contribution in [2.45, 2.75) is 43.7 Å². The molecule has 0 aromatic heterocycles. The summed E-state index contributed by atoms with van der Waals surface area (Å²) in [5, 5.41) is 8.85. The number of nitrogens with zero attached hydrogens (tertiary/aromatic N) is 1. The summed E-state index contributed by atoms with van der Waals surface area (Å²) in [6, 6.07) is 3.48. The predicted molar refractivity (Wildman–Crippen MR) is 83.2 cm³/mol. The number of aryl methyl sites for hydroxylation is 1. The average Bonchev–Trinajstić information content (AvgIpc) is 2.39. The third-order valence-electron chi connectivity index (χ3n) is 4.02. The molecule has 8 heteroatoms. The second-order valence-corrected chi connectivity index (χ2v) is 7.58. The SMILES string of the molecule is CCN(CC(=O)O)C1CC(NS(=O)(=O)c2cc(C)cc(F)c2)C1. The van der Waals surface area contributed by atoms with Gasteiger partial charge >= 0.3 is 5.97 Å². The van der Waals surface area contributed by atoms with Crippen LogP contribution in [-0.2, 0) is 14.8 Å². The van der Waals surface area contributed by atoms with Crippen LogP contribution in [0.4, 0.5) is 4.39 Å². The molecular formula is C15H21FN2O4S. The van der Waals surface area contributed by atoms with Gasteiger partial charge in [0.05, 0.1) is 11.4 Å². The fourth-order valence-corrected chi connectivity index (χ4v) is 4.18. The van der Waals surface area contributed by atoms with E-state index in [1.165, 1.54) is 12.1 Å². The lowest BCUT2D eigenvalue weighted by molar-refractivity contribution is -0.139. The van der Waals surface area contributed by atoms with Crippen molar-refractivity contribution in [1.29, 1.82) is 0 Å². The number of likely N-dealkylation sites (N-methyl/N-ethyl adjacent to an activating group) is 1. The van der Waals surface area contributed by atoms with E-state index in [2.05, 4.69) is 4.72 Å². The van der Waals surface area contributed by atoms with Gasteiger partial charge in [0, 0.05) is 12.1 Å². The summed E-state index contributed by atoms with van der Waals surface area (Å²) >= 11 is 0. The third-order valence-corrected chi connectivity index (χ3v) is 5.52. The molecule has 23 heavy (non-hydrogen) atoms. The summed E-state index contributed by atoms with van der Waals surface area (Å²) in [4.78, 5) is 12.5. The van der Waals surface area contributed by atoms with Gasteiger partial charge in [-0.05, 0) is 50.1 Å². The Bertz CT molecular complexity index is 666. The van der Waals surface area contributed by atoms with E-state index in [1.54, 1.807) is 11.8 Å². The van der Waals surface area contributed by atoms with E-state index in [4.69, 9.17) is 5.11 Å². The van der Waals surface area contributed by atoms with E-state index in [0.29, 0.717) is 24.9 Å². The molecule has 0 atom stereocenters. The fraction of sp³-hybridized carbons (Fsp3) is 0.533. The molecule has 0 bridgehead atoms. The molecule has 6 nitrogen and oxygen atoms in total. The average molecular weight is 344 g/mol. The first kappa shape index (κ1) is 17.8. The van der Waals surface area contributed by atoms with Gasteiger partial charge in [-0.25, -0.2) is 17.5 Å². The maximum absolute atomic E-state index is 13.4. The lowest BCUT2D eigenvalue weighted by atomic mass is 9.86. The molecule has 1 aromatic carbocycles. The first-order valence-corrected chi connectivity index (χ1v) is 8.95. The van der Waals surface area contributed by atoms with Crippen LogP contribution in [0.1, 0.15) is 25.3 Å². The quantitative estimate of drug-likeness (QED) is 0.780.